The maximum absolute atomic E-state index is 5.96. The van der Waals surface area contributed by atoms with E-state index in [0.717, 1.165) is 11.9 Å². The predicted molar refractivity (Wildman–Crippen MR) is 61.2 cm³/mol. The number of benzene rings is 1. The van der Waals surface area contributed by atoms with Gasteiger partial charge in [0, 0.05) is 6.61 Å². The molecule has 5 heteroatoms. The molecule has 0 aliphatic rings. The van der Waals surface area contributed by atoms with E-state index in [1.807, 2.05) is 30.3 Å². The van der Waals surface area contributed by atoms with Crippen LogP contribution in [0.3, 0.4) is 0 Å². The summed E-state index contributed by atoms with van der Waals surface area (Å²) in [5.74, 6) is 0. The van der Waals surface area contributed by atoms with Crippen LogP contribution in [0.2, 0.25) is 0 Å². The van der Waals surface area contributed by atoms with Crippen LogP contribution in [0.15, 0.2) is 30.3 Å². The van der Waals surface area contributed by atoms with E-state index in [1.54, 1.807) is 0 Å². The third-order valence-electron chi connectivity index (χ3n) is 1.53. The minimum absolute atomic E-state index is 0. The molecule has 0 radical (unpaired) electrons. The standard InChI is InChI=1S/C9H12BClO.2H2O/c1-2-8-12-10(11)9-6-4-3-5-7-9;;/h3-7H,2,8H2,1H3;2*1H2. The number of hydrogen-bond acceptors (Lipinski definition) is 1. The van der Waals surface area contributed by atoms with Crippen molar-refractivity contribution in [3.8, 4) is 0 Å². The molecular formula is C9H16BClO3. The first-order valence-corrected chi connectivity index (χ1v) is 4.59. The second kappa shape index (κ2) is 9.03. The van der Waals surface area contributed by atoms with Crippen molar-refractivity contribution >= 4 is 23.3 Å². The predicted octanol–water partition coefficient (Wildman–Crippen LogP) is 0.398. The molecule has 14 heavy (non-hydrogen) atoms. The van der Waals surface area contributed by atoms with Gasteiger partial charge in [-0.25, -0.2) is 0 Å². The molecule has 0 heterocycles. The van der Waals surface area contributed by atoms with Gasteiger partial charge in [-0.1, -0.05) is 37.3 Å². The Morgan fingerprint density at radius 1 is 1.21 bits per heavy atom. The molecule has 0 aliphatic heterocycles. The molecule has 0 aromatic heterocycles. The third-order valence-corrected chi connectivity index (χ3v) is 1.91. The summed E-state index contributed by atoms with van der Waals surface area (Å²) in [6.45, 7) is 2.78. The minimum Gasteiger partial charge on any atom is -0.418 e. The van der Waals surface area contributed by atoms with Gasteiger partial charge in [-0.2, -0.15) is 0 Å². The first-order valence-electron chi connectivity index (χ1n) is 4.15. The van der Waals surface area contributed by atoms with Gasteiger partial charge in [0.15, 0.2) is 0 Å². The second-order valence-electron chi connectivity index (χ2n) is 2.60. The molecule has 0 spiro atoms. The molecular weight excluding hydrogens is 202 g/mol. The summed E-state index contributed by atoms with van der Waals surface area (Å²) in [5.41, 5.74) is 1.02. The average Bonchev–Trinajstić information content (AvgIpc) is 2.15. The van der Waals surface area contributed by atoms with E-state index in [-0.39, 0.29) is 17.3 Å². The molecule has 0 atom stereocenters. The molecule has 0 saturated carbocycles. The molecule has 0 aliphatic carbocycles. The van der Waals surface area contributed by atoms with Crippen LogP contribution in [0.25, 0.3) is 0 Å². The highest BCUT2D eigenvalue weighted by atomic mass is 35.5. The lowest BCUT2D eigenvalue weighted by Gasteiger charge is -2.05. The van der Waals surface area contributed by atoms with Crippen molar-refractivity contribution in [2.45, 2.75) is 13.3 Å². The molecule has 80 valence electrons. The van der Waals surface area contributed by atoms with Gasteiger partial charge in [0.2, 0.25) is 0 Å². The van der Waals surface area contributed by atoms with Crippen LogP contribution in [-0.2, 0) is 4.65 Å². The molecule has 3 nitrogen and oxygen atoms in total. The van der Waals surface area contributed by atoms with Crippen LogP contribution in [0.4, 0.5) is 0 Å². The number of halogens is 1. The smallest absolute Gasteiger partial charge is 0.418 e. The second-order valence-corrected chi connectivity index (χ2v) is 2.99. The molecule has 0 bridgehead atoms. The van der Waals surface area contributed by atoms with Crippen LogP contribution >= 0.6 is 11.5 Å². The van der Waals surface area contributed by atoms with Crippen molar-refractivity contribution in [3.63, 3.8) is 0 Å². The first-order chi connectivity index (χ1) is 5.84. The van der Waals surface area contributed by atoms with Gasteiger partial charge in [0.1, 0.15) is 0 Å². The van der Waals surface area contributed by atoms with Crippen molar-refractivity contribution in [1.29, 1.82) is 0 Å². The first kappa shape index (κ1) is 15.9. The molecule has 0 saturated heterocycles. The van der Waals surface area contributed by atoms with Crippen LogP contribution in [-0.4, -0.2) is 23.9 Å². The Kier molecular flexibility index (Phi) is 10.3. The fourth-order valence-electron chi connectivity index (χ4n) is 0.922. The SMILES string of the molecule is CCCOB(Cl)c1ccccc1.O.O. The average molecular weight is 218 g/mol. The van der Waals surface area contributed by atoms with Gasteiger partial charge in [0.05, 0.1) is 0 Å². The Morgan fingerprint density at radius 3 is 2.29 bits per heavy atom. The van der Waals surface area contributed by atoms with Crippen LogP contribution in [0.1, 0.15) is 13.3 Å². The largest absolute Gasteiger partial charge is 0.434 e. The molecule has 0 amide bonds. The monoisotopic (exact) mass is 218 g/mol. The topological polar surface area (TPSA) is 72.2 Å². The van der Waals surface area contributed by atoms with Crippen molar-refractivity contribution in [2.75, 3.05) is 6.61 Å². The lowest BCUT2D eigenvalue weighted by atomic mass is 9.86. The highest BCUT2D eigenvalue weighted by molar-refractivity contribution is 7.10. The molecule has 0 fully saturated rings. The zero-order valence-corrected chi connectivity index (χ0v) is 8.92. The zero-order chi connectivity index (χ0) is 8.81. The van der Waals surface area contributed by atoms with E-state index in [0.29, 0.717) is 6.61 Å². The van der Waals surface area contributed by atoms with E-state index < -0.39 is 0 Å². The summed E-state index contributed by atoms with van der Waals surface area (Å²) in [5, 5.41) is 0. The highest BCUT2D eigenvalue weighted by Gasteiger charge is 2.13. The lowest BCUT2D eigenvalue weighted by molar-refractivity contribution is 0.336. The Bertz CT molecular complexity index is 221. The molecule has 0 unspecified atom stereocenters. The van der Waals surface area contributed by atoms with E-state index in [1.165, 1.54) is 0 Å². The molecule has 4 N–H and O–H groups in total. The third kappa shape index (κ3) is 5.24. The van der Waals surface area contributed by atoms with E-state index in [2.05, 4.69) is 6.92 Å². The highest BCUT2D eigenvalue weighted by Crippen LogP contribution is 1.96. The Hall–Kier alpha value is -0.545. The van der Waals surface area contributed by atoms with Gasteiger partial charge >= 0.3 is 6.33 Å². The molecule has 1 aromatic rings. The Labute approximate surface area is 89.7 Å². The Balaban J connectivity index is 0. The van der Waals surface area contributed by atoms with E-state index in [4.69, 9.17) is 16.1 Å². The summed E-state index contributed by atoms with van der Waals surface area (Å²) in [6.07, 6.45) is 0.696. The summed E-state index contributed by atoms with van der Waals surface area (Å²) in [4.78, 5) is 0. The fourth-order valence-corrected chi connectivity index (χ4v) is 1.16. The van der Waals surface area contributed by atoms with E-state index in [9.17, 15) is 0 Å². The van der Waals surface area contributed by atoms with Crippen LogP contribution in [0, 0.1) is 0 Å². The van der Waals surface area contributed by atoms with Crippen LogP contribution in [0.5, 0.6) is 0 Å². The fraction of sp³-hybridized carbons (Fsp3) is 0.333. The van der Waals surface area contributed by atoms with Gasteiger partial charge < -0.3 is 15.6 Å². The van der Waals surface area contributed by atoms with Gasteiger partial charge in [-0.05, 0) is 11.9 Å². The summed E-state index contributed by atoms with van der Waals surface area (Å²) >= 11 is 5.96. The van der Waals surface area contributed by atoms with Crippen LogP contribution < -0.4 is 5.46 Å². The van der Waals surface area contributed by atoms with Crippen molar-refractivity contribution in [2.24, 2.45) is 0 Å². The quantitative estimate of drug-likeness (QED) is 0.674. The molecule has 1 aromatic carbocycles. The lowest BCUT2D eigenvalue weighted by Crippen LogP contribution is -2.27. The number of hydrogen-bond donors (Lipinski definition) is 0. The van der Waals surface area contributed by atoms with Gasteiger partial charge in [0.25, 0.3) is 0 Å². The van der Waals surface area contributed by atoms with Crippen molar-refractivity contribution < 1.29 is 15.6 Å². The summed E-state index contributed by atoms with van der Waals surface area (Å²) in [6, 6.07) is 9.81. The van der Waals surface area contributed by atoms with Crippen molar-refractivity contribution in [3.05, 3.63) is 30.3 Å². The number of rotatable bonds is 4. The Morgan fingerprint density at radius 2 is 1.79 bits per heavy atom. The summed E-state index contributed by atoms with van der Waals surface area (Å²) < 4.78 is 5.34. The molecule has 1 rings (SSSR count). The maximum atomic E-state index is 5.96. The van der Waals surface area contributed by atoms with E-state index >= 15 is 0 Å². The normalized spacial score (nSPS) is 8.43. The zero-order valence-electron chi connectivity index (χ0n) is 8.16. The van der Waals surface area contributed by atoms with Crippen molar-refractivity contribution in [1.82, 2.24) is 0 Å². The summed E-state index contributed by atoms with van der Waals surface area (Å²) in [7, 11) is 0. The minimum atomic E-state index is -0.300. The van der Waals surface area contributed by atoms with Gasteiger partial charge in [-0.15, -0.1) is 11.5 Å². The van der Waals surface area contributed by atoms with Gasteiger partial charge in [-0.3, -0.25) is 0 Å². The maximum Gasteiger partial charge on any atom is 0.434 e.